The maximum atomic E-state index is 14.0. The zero-order valence-corrected chi connectivity index (χ0v) is 42.9. The Bertz CT molecular complexity index is 2400. The van der Waals surface area contributed by atoms with Crippen LogP contribution < -0.4 is 21.3 Å². The fraction of sp³-hybridized carbons (Fsp3) is 0.615. The first-order valence-corrected chi connectivity index (χ1v) is 26.4. The van der Waals surface area contributed by atoms with Crippen molar-refractivity contribution < 1.29 is 29.1 Å². The van der Waals surface area contributed by atoms with Gasteiger partial charge in [0.2, 0.25) is 29.5 Å². The number of anilines is 1. The van der Waals surface area contributed by atoms with E-state index in [1.807, 2.05) is 73.1 Å². The van der Waals surface area contributed by atoms with Crippen LogP contribution in [0, 0.1) is 12.3 Å². The van der Waals surface area contributed by atoms with Crippen LogP contribution in [-0.2, 0) is 30.5 Å². The van der Waals surface area contributed by atoms with Gasteiger partial charge in [0.25, 0.3) is 0 Å². The number of amides is 5. The van der Waals surface area contributed by atoms with E-state index in [-0.39, 0.29) is 68.3 Å². The molecule has 5 heterocycles. The summed E-state index contributed by atoms with van der Waals surface area (Å²) < 4.78 is 1.91. The molecule has 17 nitrogen and oxygen atoms in total. The van der Waals surface area contributed by atoms with E-state index in [1.165, 1.54) is 10.5 Å². The Morgan fingerprint density at radius 1 is 0.857 bits per heavy atom. The molecule has 5 N–H and O–H groups in total. The number of aryl methyl sites for hydroxylation is 1. The third-order valence-corrected chi connectivity index (χ3v) is 15.2. The highest BCUT2D eigenvalue weighted by Gasteiger charge is 2.44. The van der Waals surface area contributed by atoms with Crippen molar-refractivity contribution in [2.45, 2.75) is 161 Å². The number of piperazine rings is 1. The molecule has 3 unspecified atom stereocenters. The van der Waals surface area contributed by atoms with E-state index in [0.717, 1.165) is 91.1 Å². The van der Waals surface area contributed by atoms with Gasteiger partial charge in [-0.15, -0.1) is 11.3 Å². The van der Waals surface area contributed by atoms with Crippen molar-refractivity contribution in [3.63, 3.8) is 0 Å². The Labute approximate surface area is 416 Å². The van der Waals surface area contributed by atoms with Crippen LogP contribution in [0.5, 0.6) is 0 Å². The number of rotatable bonds is 20. The predicted molar refractivity (Wildman–Crippen MR) is 272 cm³/mol. The highest BCUT2D eigenvalue weighted by molar-refractivity contribution is 7.13. The first kappa shape index (κ1) is 52.4. The van der Waals surface area contributed by atoms with Crippen LogP contribution in [-0.4, -0.2) is 138 Å². The summed E-state index contributed by atoms with van der Waals surface area (Å²) in [6, 6.07) is 9.16. The minimum absolute atomic E-state index is 0.0120. The Morgan fingerprint density at radius 2 is 1.59 bits per heavy atom. The highest BCUT2D eigenvalue weighted by atomic mass is 32.1. The zero-order chi connectivity index (χ0) is 50.0. The first-order chi connectivity index (χ1) is 33.5. The van der Waals surface area contributed by atoms with Crippen LogP contribution in [0.25, 0.3) is 16.0 Å². The summed E-state index contributed by atoms with van der Waals surface area (Å²) >= 11 is 1.58. The van der Waals surface area contributed by atoms with Crippen LogP contribution in [0.2, 0.25) is 0 Å². The third-order valence-electron chi connectivity index (χ3n) is 14.3. The lowest BCUT2D eigenvalue weighted by Gasteiger charge is -2.42. The second kappa shape index (κ2) is 24.1. The normalized spacial score (nSPS) is 20.4. The molecule has 1 saturated carbocycles. The van der Waals surface area contributed by atoms with Gasteiger partial charge in [-0.25, -0.2) is 14.5 Å². The molecule has 2 saturated heterocycles. The Hall–Kier alpha value is -5.46. The van der Waals surface area contributed by atoms with E-state index < -0.39 is 23.6 Å². The fourth-order valence-electron chi connectivity index (χ4n) is 10.1. The number of carbonyl (C=O) groups is 5. The standard InChI is InChI=1S/C52H75N11O6S/c1-34(2)41-22-24-63-46(41)49(55-32-57-63)58-38-16-18-39(19-17-38)60-25-27-61(28-26-60)45(67)21-20-43(65)53-23-10-8-7-9-11-44(66)59-48(52(4,5)6)51(69)62-31-40(64)29-42(62)50(68)54-30-36-12-14-37(15-13-36)47-35(3)56-33-70-47/h12-15,22,24,32-34,38-40,42,48,64H,7-11,16-21,23,25-31H2,1-6H3,(H,53,65)(H,54,68)(H,59,66)(H,55,57,58). The maximum Gasteiger partial charge on any atom is 0.246 e. The monoisotopic (exact) mass is 982 g/mol. The molecule has 70 heavy (non-hydrogen) atoms. The molecular formula is C52H75N11O6S. The van der Waals surface area contributed by atoms with Crippen molar-refractivity contribution in [2.75, 3.05) is 44.6 Å². The Kier molecular flexibility index (Phi) is 18.0. The van der Waals surface area contributed by atoms with Crippen LogP contribution in [0.1, 0.15) is 134 Å². The summed E-state index contributed by atoms with van der Waals surface area (Å²) in [5, 5.41) is 27.5. The van der Waals surface area contributed by atoms with Gasteiger partial charge in [0.15, 0.2) is 5.82 Å². The van der Waals surface area contributed by atoms with E-state index in [9.17, 15) is 29.1 Å². The number of nitrogens with zero attached hydrogens (tertiary/aromatic N) is 7. The summed E-state index contributed by atoms with van der Waals surface area (Å²) in [5.74, 6) is 0.196. The third kappa shape index (κ3) is 13.7. The molecule has 3 aromatic heterocycles. The second-order valence-corrected chi connectivity index (χ2v) is 21.7. The molecule has 5 amide bonds. The van der Waals surface area contributed by atoms with Crippen molar-refractivity contribution in [1.29, 1.82) is 0 Å². The quantitative estimate of drug-likeness (QED) is 0.0669. The summed E-state index contributed by atoms with van der Waals surface area (Å²) in [5.41, 5.74) is 6.41. The Balaban J connectivity index is 0.738. The predicted octanol–water partition coefficient (Wildman–Crippen LogP) is 5.81. The maximum absolute atomic E-state index is 14.0. The van der Waals surface area contributed by atoms with Crippen molar-refractivity contribution in [2.24, 2.45) is 5.41 Å². The average Bonchev–Trinajstić information content (AvgIpc) is 4.10. The lowest BCUT2D eigenvalue weighted by atomic mass is 9.85. The summed E-state index contributed by atoms with van der Waals surface area (Å²) in [6.07, 6.45) is 10.8. The number of carbonyl (C=O) groups excluding carboxylic acids is 5. The van der Waals surface area contributed by atoms with Crippen molar-refractivity contribution in [3.8, 4) is 10.4 Å². The van der Waals surface area contributed by atoms with Crippen LogP contribution in [0.15, 0.2) is 48.4 Å². The van der Waals surface area contributed by atoms with E-state index in [0.29, 0.717) is 44.1 Å². The van der Waals surface area contributed by atoms with Crippen molar-refractivity contribution in [3.05, 3.63) is 65.2 Å². The molecule has 4 aromatic rings. The lowest BCUT2D eigenvalue weighted by molar-refractivity contribution is -0.144. The molecule has 3 fully saturated rings. The first-order valence-electron chi connectivity index (χ1n) is 25.5. The van der Waals surface area contributed by atoms with Gasteiger partial charge in [-0.2, -0.15) is 5.10 Å². The number of thiazole rings is 1. The van der Waals surface area contributed by atoms with Crippen molar-refractivity contribution >= 4 is 52.2 Å². The van der Waals surface area contributed by atoms with Crippen LogP contribution >= 0.6 is 11.3 Å². The van der Waals surface area contributed by atoms with Gasteiger partial charge in [-0.3, -0.25) is 28.9 Å². The van der Waals surface area contributed by atoms with Crippen LogP contribution in [0.3, 0.4) is 0 Å². The molecule has 1 aliphatic carbocycles. The summed E-state index contributed by atoms with van der Waals surface area (Å²) in [7, 11) is 0. The molecule has 380 valence electrons. The number of aromatic nitrogens is 4. The number of likely N-dealkylation sites (tertiary alicyclic amines) is 1. The summed E-state index contributed by atoms with van der Waals surface area (Å²) in [6.45, 7) is 15.8. The molecule has 0 spiro atoms. The van der Waals surface area contributed by atoms with E-state index in [1.54, 1.807) is 17.7 Å². The number of hydrogen-bond acceptors (Lipinski definition) is 12. The van der Waals surface area contributed by atoms with E-state index >= 15 is 0 Å². The minimum atomic E-state index is -0.887. The van der Waals surface area contributed by atoms with Gasteiger partial charge in [0.1, 0.15) is 23.9 Å². The number of benzene rings is 1. The highest BCUT2D eigenvalue weighted by Crippen LogP contribution is 2.32. The van der Waals surface area contributed by atoms with Crippen LogP contribution in [0.4, 0.5) is 5.82 Å². The fourth-order valence-corrected chi connectivity index (χ4v) is 10.9. The van der Waals surface area contributed by atoms with Gasteiger partial charge < -0.3 is 36.2 Å². The second-order valence-electron chi connectivity index (χ2n) is 20.9. The number of β-amino-alcohol motifs (C(OH)–C–C–N with tert-alkyl or cyclic N) is 1. The molecule has 0 radical (unpaired) electrons. The SMILES string of the molecule is Cc1ncsc1-c1ccc(CNC(=O)C2CC(O)CN2C(=O)C(NC(=O)CCCCCCNC(=O)CCC(=O)N2CCN(C3CCC(Nc4ncnn5ccc(C(C)C)c45)CC3)CC2)C(C)(C)C)cc1. The average molecular weight is 982 g/mol. The zero-order valence-electron chi connectivity index (χ0n) is 42.0. The molecule has 3 atom stereocenters. The van der Waals surface area contributed by atoms with E-state index in [4.69, 9.17) is 0 Å². The summed E-state index contributed by atoms with van der Waals surface area (Å²) in [4.78, 5) is 82.2. The van der Waals surface area contributed by atoms with Gasteiger partial charge in [0, 0.05) is 89.8 Å². The molecule has 18 heteroatoms. The number of fused-ring (bicyclic) bond motifs is 1. The van der Waals surface area contributed by atoms with Gasteiger partial charge in [-0.1, -0.05) is 71.7 Å². The van der Waals surface area contributed by atoms with Crippen molar-refractivity contribution in [1.82, 2.24) is 50.2 Å². The molecule has 3 aliphatic rings. The topological polar surface area (TPSA) is 206 Å². The smallest absolute Gasteiger partial charge is 0.246 e. The van der Waals surface area contributed by atoms with Gasteiger partial charge >= 0.3 is 0 Å². The Morgan fingerprint density at radius 3 is 2.27 bits per heavy atom. The number of aliphatic hydroxyl groups excluding tert-OH is 1. The number of aliphatic hydroxyl groups is 1. The largest absolute Gasteiger partial charge is 0.391 e. The number of unbranched alkanes of at least 4 members (excludes halogenated alkanes) is 3. The van der Waals surface area contributed by atoms with Gasteiger partial charge in [-0.05, 0) is 79.5 Å². The molecular weight excluding hydrogens is 907 g/mol. The van der Waals surface area contributed by atoms with E-state index in [2.05, 4.69) is 61.1 Å². The van der Waals surface area contributed by atoms with Gasteiger partial charge in [0.05, 0.1) is 22.2 Å². The molecule has 2 aliphatic heterocycles. The molecule has 1 aromatic carbocycles. The minimum Gasteiger partial charge on any atom is -0.391 e. The molecule has 0 bridgehead atoms. The number of nitrogens with one attached hydrogen (secondary N) is 4. The molecule has 7 rings (SSSR count). The number of hydrogen-bond donors (Lipinski definition) is 5. The lowest BCUT2D eigenvalue weighted by Crippen LogP contribution is -2.57.